The van der Waals surface area contributed by atoms with Crippen molar-refractivity contribution >= 4 is 40.9 Å². The Morgan fingerprint density at radius 3 is 2.86 bits per heavy atom. The lowest BCUT2D eigenvalue weighted by atomic mass is 10.1. The zero-order valence-corrected chi connectivity index (χ0v) is 13.8. The monoisotopic (exact) mass is 344 g/mol. The third kappa shape index (κ3) is 4.36. The fourth-order valence-corrected chi connectivity index (χ4v) is 3.02. The van der Waals surface area contributed by atoms with Gasteiger partial charge in [-0.05, 0) is 24.6 Å². The summed E-state index contributed by atoms with van der Waals surface area (Å²) >= 11 is 13.3. The number of nitrogens with one attached hydrogen (secondary N) is 1. The molecule has 0 saturated carbocycles. The maximum absolute atomic E-state index is 12.0. The molecule has 2 rings (SSSR count). The summed E-state index contributed by atoms with van der Waals surface area (Å²) in [6, 6.07) is 5.03. The lowest BCUT2D eigenvalue weighted by Gasteiger charge is -2.15. The number of thioether (sulfide) groups is 1. The molecule has 0 saturated heterocycles. The van der Waals surface area contributed by atoms with Crippen LogP contribution in [0.2, 0.25) is 10.0 Å². The van der Waals surface area contributed by atoms with Crippen LogP contribution in [0, 0.1) is 0 Å². The van der Waals surface area contributed by atoms with E-state index in [0.29, 0.717) is 15.2 Å². The molecule has 5 nitrogen and oxygen atoms in total. The van der Waals surface area contributed by atoms with Crippen molar-refractivity contribution < 1.29 is 4.79 Å². The van der Waals surface area contributed by atoms with Gasteiger partial charge >= 0.3 is 0 Å². The van der Waals surface area contributed by atoms with Crippen molar-refractivity contribution in [1.82, 2.24) is 20.1 Å². The standard InChI is InChI=1S/C13H14Cl2N4OS/c1-8(10-4-3-9(14)5-11(10)15)17-12(20)6-21-13-18-16-7-19(13)2/h3-5,7-8H,6H2,1-2H3,(H,17,20)/t8-/m0/s1. The van der Waals surface area contributed by atoms with Gasteiger partial charge in [-0.25, -0.2) is 0 Å². The van der Waals surface area contributed by atoms with Crippen LogP contribution in [0.4, 0.5) is 0 Å². The van der Waals surface area contributed by atoms with Crippen LogP contribution in [0.5, 0.6) is 0 Å². The number of carbonyl (C=O) groups excluding carboxylic acids is 1. The van der Waals surface area contributed by atoms with Crippen LogP contribution in [0.15, 0.2) is 29.7 Å². The Morgan fingerprint density at radius 2 is 2.24 bits per heavy atom. The molecule has 8 heteroatoms. The van der Waals surface area contributed by atoms with E-state index in [2.05, 4.69) is 15.5 Å². The van der Waals surface area contributed by atoms with E-state index in [1.165, 1.54) is 11.8 Å². The fourth-order valence-electron chi connectivity index (χ4n) is 1.75. The minimum absolute atomic E-state index is 0.0958. The first-order chi connectivity index (χ1) is 9.97. The van der Waals surface area contributed by atoms with Gasteiger partial charge in [-0.3, -0.25) is 4.79 Å². The minimum atomic E-state index is -0.192. The van der Waals surface area contributed by atoms with Crippen LogP contribution in [0.25, 0.3) is 0 Å². The van der Waals surface area contributed by atoms with E-state index in [1.807, 2.05) is 20.0 Å². The van der Waals surface area contributed by atoms with Crippen LogP contribution in [-0.2, 0) is 11.8 Å². The van der Waals surface area contributed by atoms with Crippen molar-refractivity contribution in [1.29, 1.82) is 0 Å². The molecule has 0 aliphatic rings. The highest BCUT2D eigenvalue weighted by Crippen LogP contribution is 2.26. The van der Waals surface area contributed by atoms with Gasteiger partial charge in [-0.15, -0.1) is 10.2 Å². The van der Waals surface area contributed by atoms with Gasteiger partial charge in [0, 0.05) is 17.1 Å². The minimum Gasteiger partial charge on any atom is -0.349 e. The molecule has 0 spiro atoms. The van der Waals surface area contributed by atoms with Crippen molar-refractivity contribution in [2.24, 2.45) is 7.05 Å². The van der Waals surface area contributed by atoms with Crippen molar-refractivity contribution in [3.63, 3.8) is 0 Å². The molecule has 1 aromatic heterocycles. The van der Waals surface area contributed by atoms with Gasteiger partial charge in [0.2, 0.25) is 5.91 Å². The Morgan fingerprint density at radius 1 is 1.48 bits per heavy atom. The topological polar surface area (TPSA) is 59.8 Å². The summed E-state index contributed by atoms with van der Waals surface area (Å²) in [6.45, 7) is 1.88. The van der Waals surface area contributed by atoms with E-state index in [-0.39, 0.29) is 17.7 Å². The number of rotatable bonds is 5. The number of aromatic nitrogens is 3. The van der Waals surface area contributed by atoms with Crippen molar-refractivity contribution in [2.75, 3.05) is 5.75 Å². The molecular weight excluding hydrogens is 331 g/mol. The van der Waals surface area contributed by atoms with Crippen molar-refractivity contribution in [3.05, 3.63) is 40.1 Å². The zero-order valence-electron chi connectivity index (χ0n) is 11.5. The second-order valence-corrected chi connectivity index (χ2v) is 6.25. The molecule has 112 valence electrons. The lowest BCUT2D eigenvalue weighted by molar-refractivity contribution is -0.119. The Labute approximate surface area is 137 Å². The van der Waals surface area contributed by atoms with E-state index in [9.17, 15) is 4.79 Å². The molecule has 1 aromatic carbocycles. The molecule has 1 amide bonds. The second kappa shape index (κ2) is 7.15. The van der Waals surface area contributed by atoms with Crippen LogP contribution < -0.4 is 5.32 Å². The average molecular weight is 345 g/mol. The predicted octanol–water partition coefficient (Wildman–Crippen LogP) is 3.09. The fraction of sp³-hybridized carbons (Fsp3) is 0.308. The molecule has 21 heavy (non-hydrogen) atoms. The van der Waals surface area contributed by atoms with Gasteiger partial charge in [-0.2, -0.15) is 0 Å². The predicted molar refractivity (Wildman–Crippen MR) is 84.7 cm³/mol. The highest BCUT2D eigenvalue weighted by Gasteiger charge is 2.14. The molecule has 2 aromatic rings. The van der Waals surface area contributed by atoms with Gasteiger partial charge in [0.05, 0.1) is 11.8 Å². The quantitative estimate of drug-likeness (QED) is 0.846. The molecule has 1 heterocycles. The summed E-state index contributed by atoms with van der Waals surface area (Å²) in [7, 11) is 1.83. The maximum Gasteiger partial charge on any atom is 0.230 e. The normalized spacial score (nSPS) is 12.2. The Kier molecular flexibility index (Phi) is 5.50. The molecule has 1 N–H and O–H groups in total. The third-order valence-corrected chi connectivity index (χ3v) is 4.41. The number of carbonyl (C=O) groups is 1. The highest BCUT2D eigenvalue weighted by molar-refractivity contribution is 7.99. The number of hydrogen-bond acceptors (Lipinski definition) is 4. The molecule has 0 fully saturated rings. The molecule has 0 aliphatic carbocycles. The van der Waals surface area contributed by atoms with E-state index in [1.54, 1.807) is 23.0 Å². The van der Waals surface area contributed by atoms with Crippen LogP contribution >= 0.6 is 35.0 Å². The van der Waals surface area contributed by atoms with Gasteiger partial charge in [-0.1, -0.05) is 41.0 Å². The van der Waals surface area contributed by atoms with Crippen molar-refractivity contribution in [2.45, 2.75) is 18.1 Å². The smallest absolute Gasteiger partial charge is 0.230 e. The summed E-state index contributed by atoms with van der Waals surface area (Å²) in [5, 5.41) is 12.4. The van der Waals surface area contributed by atoms with Crippen molar-refractivity contribution in [3.8, 4) is 0 Å². The molecule has 0 aliphatic heterocycles. The summed E-state index contributed by atoms with van der Waals surface area (Å²) in [5.41, 5.74) is 0.832. The van der Waals surface area contributed by atoms with Gasteiger partial charge in [0.1, 0.15) is 6.33 Å². The Hall–Kier alpha value is -1.24. The molecule has 1 atom stereocenters. The molecule has 0 unspecified atom stereocenters. The number of halogens is 2. The largest absolute Gasteiger partial charge is 0.349 e. The number of benzene rings is 1. The summed E-state index contributed by atoms with van der Waals surface area (Å²) in [6.07, 6.45) is 1.59. The maximum atomic E-state index is 12.0. The Balaban J connectivity index is 1.91. The number of amides is 1. The van der Waals surface area contributed by atoms with E-state index < -0.39 is 0 Å². The molecule has 0 bridgehead atoms. The highest BCUT2D eigenvalue weighted by atomic mass is 35.5. The molecular formula is C13H14Cl2N4OS. The first kappa shape index (κ1) is 16.1. The zero-order chi connectivity index (χ0) is 15.4. The first-order valence-corrected chi connectivity index (χ1v) is 7.92. The first-order valence-electron chi connectivity index (χ1n) is 6.18. The Bertz CT molecular complexity index is 647. The SMILES string of the molecule is C[C@H](NC(=O)CSc1nncn1C)c1ccc(Cl)cc1Cl. The van der Waals surface area contributed by atoms with E-state index in [4.69, 9.17) is 23.2 Å². The van der Waals surface area contributed by atoms with E-state index >= 15 is 0 Å². The van der Waals surface area contributed by atoms with Gasteiger partial charge in [0.25, 0.3) is 0 Å². The summed E-state index contributed by atoms with van der Waals surface area (Å²) in [5.74, 6) is 0.170. The number of aryl methyl sites for hydroxylation is 1. The summed E-state index contributed by atoms with van der Waals surface area (Å²) in [4.78, 5) is 12.0. The third-order valence-electron chi connectivity index (χ3n) is 2.81. The van der Waals surface area contributed by atoms with E-state index in [0.717, 1.165) is 5.56 Å². The summed E-state index contributed by atoms with van der Waals surface area (Å²) < 4.78 is 1.76. The number of hydrogen-bond donors (Lipinski definition) is 1. The number of nitrogens with zero attached hydrogens (tertiary/aromatic N) is 3. The molecule has 0 radical (unpaired) electrons. The second-order valence-electron chi connectivity index (χ2n) is 4.47. The van der Waals surface area contributed by atoms with Gasteiger partial charge in [0.15, 0.2) is 5.16 Å². The van der Waals surface area contributed by atoms with Crippen LogP contribution in [-0.4, -0.2) is 26.4 Å². The van der Waals surface area contributed by atoms with Crippen LogP contribution in [0.3, 0.4) is 0 Å². The van der Waals surface area contributed by atoms with Crippen LogP contribution in [0.1, 0.15) is 18.5 Å². The average Bonchev–Trinajstić information content (AvgIpc) is 2.81. The van der Waals surface area contributed by atoms with Gasteiger partial charge < -0.3 is 9.88 Å². The lowest BCUT2D eigenvalue weighted by Crippen LogP contribution is -2.28.